The second-order valence-electron chi connectivity index (χ2n) is 6.10. The molecule has 2 aliphatic rings. The van der Waals surface area contributed by atoms with Gasteiger partial charge in [-0.05, 0) is 19.3 Å². The van der Waals surface area contributed by atoms with Gasteiger partial charge < -0.3 is 9.64 Å². The number of nitrogens with zero attached hydrogens (tertiary/aromatic N) is 5. The van der Waals surface area contributed by atoms with E-state index >= 15 is 0 Å². The van der Waals surface area contributed by atoms with Crippen LogP contribution in [-0.4, -0.2) is 75.9 Å². The molecule has 3 heterocycles. The lowest BCUT2D eigenvalue weighted by atomic mass is 10.1. The molecule has 1 aromatic rings. The zero-order valence-electron chi connectivity index (χ0n) is 13.1. The van der Waals surface area contributed by atoms with E-state index in [-0.39, 0.29) is 6.10 Å². The van der Waals surface area contributed by atoms with Crippen molar-refractivity contribution in [3.05, 3.63) is 12.7 Å². The van der Waals surface area contributed by atoms with Crippen LogP contribution in [0.5, 0.6) is 0 Å². The Morgan fingerprint density at radius 2 is 2.09 bits per heavy atom. The standard InChI is InChI=1S/C15H25N5O2/c21-15(19-5-2-1-3-6-19)4-7-18-8-9-22-14(10-18)11-20-13-16-12-17-20/h12-14H,1-11H2/t14-/m1/s1. The van der Waals surface area contributed by atoms with Gasteiger partial charge in [0.15, 0.2) is 0 Å². The first kappa shape index (κ1) is 15.4. The number of aromatic nitrogens is 3. The maximum atomic E-state index is 12.2. The van der Waals surface area contributed by atoms with Gasteiger partial charge in [-0.2, -0.15) is 5.10 Å². The Morgan fingerprint density at radius 3 is 2.86 bits per heavy atom. The second-order valence-corrected chi connectivity index (χ2v) is 6.10. The number of ether oxygens (including phenoxy) is 1. The van der Waals surface area contributed by atoms with Gasteiger partial charge in [-0.25, -0.2) is 4.98 Å². The van der Waals surface area contributed by atoms with Crippen molar-refractivity contribution in [2.75, 3.05) is 39.3 Å². The summed E-state index contributed by atoms with van der Waals surface area (Å²) in [6, 6.07) is 0. The Balaban J connectivity index is 1.41. The Bertz CT molecular complexity index is 459. The lowest BCUT2D eigenvalue weighted by molar-refractivity contribution is -0.133. The van der Waals surface area contributed by atoms with E-state index in [2.05, 4.69) is 15.0 Å². The van der Waals surface area contributed by atoms with Crippen LogP contribution < -0.4 is 0 Å². The molecule has 0 unspecified atom stereocenters. The number of rotatable bonds is 5. The summed E-state index contributed by atoms with van der Waals surface area (Å²) >= 11 is 0. The molecule has 1 atom stereocenters. The fourth-order valence-corrected chi connectivity index (χ4v) is 3.18. The Morgan fingerprint density at radius 1 is 1.23 bits per heavy atom. The van der Waals surface area contributed by atoms with E-state index in [0.29, 0.717) is 12.3 Å². The van der Waals surface area contributed by atoms with Crippen molar-refractivity contribution in [1.29, 1.82) is 0 Å². The molecule has 0 bridgehead atoms. The third-order valence-electron chi connectivity index (χ3n) is 4.43. The van der Waals surface area contributed by atoms with Gasteiger partial charge in [-0.3, -0.25) is 14.4 Å². The molecule has 0 aliphatic carbocycles. The van der Waals surface area contributed by atoms with E-state index < -0.39 is 0 Å². The summed E-state index contributed by atoms with van der Waals surface area (Å²) < 4.78 is 7.58. The van der Waals surface area contributed by atoms with E-state index in [1.165, 1.54) is 12.7 Å². The number of hydrogen-bond acceptors (Lipinski definition) is 5. The molecule has 0 N–H and O–H groups in total. The molecule has 7 nitrogen and oxygen atoms in total. The Hall–Kier alpha value is -1.47. The van der Waals surface area contributed by atoms with Gasteiger partial charge in [0, 0.05) is 39.1 Å². The number of amides is 1. The predicted octanol–water partition coefficient (Wildman–Crippen LogP) is 0.382. The third kappa shape index (κ3) is 4.27. The lowest BCUT2D eigenvalue weighted by Crippen LogP contribution is -2.46. The highest BCUT2D eigenvalue weighted by molar-refractivity contribution is 5.76. The minimum absolute atomic E-state index is 0.125. The van der Waals surface area contributed by atoms with Crippen LogP contribution in [0.4, 0.5) is 0 Å². The van der Waals surface area contributed by atoms with Crippen LogP contribution in [0.3, 0.4) is 0 Å². The van der Waals surface area contributed by atoms with E-state index in [1.54, 1.807) is 11.0 Å². The molecule has 7 heteroatoms. The van der Waals surface area contributed by atoms with Gasteiger partial charge in [-0.1, -0.05) is 0 Å². The summed E-state index contributed by atoms with van der Waals surface area (Å²) in [7, 11) is 0. The molecule has 0 aromatic carbocycles. The third-order valence-corrected chi connectivity index (χ3v) is 4.43. The fraction of sp³-hybridized carbons (Fsp3) is 0.800. The van der Waals surface area contributed by atoms with Crippen molar-refractivity contribution < 1.29 is 9.53 Å². The van der Waals surface area contributed by atoms with Gasteiger partial charge in [0.2, 0.25) is 5.91 Å². The van der Waals surface area contributed by atoms with Gasteiger partial charge in [-0.15, -0.1) is 0 Å². The van der Waals surface area contributed by atoms with Crippen LogP contribution in [0.15, 0.2) is 12.7 Å². The number of hydrogen-bond donors (Lipinski definition) is 0. The fourth-order valence-electron chi connectivity index (χ4n) is 3.18. The topological polar surface area (TPSA) is 63.5 Å². The summed E-state index contributed by atoms with van der Waals surface area (Å²) in [6.45, 7) is 5.91. The Labute approximate surface area is 131 Å². The van der Waals surface area contributed by atoms with Crippen LogP contribution in [0.25, 0.3) is 0 Å². The van der Waals surface area contributed by atoms with Crippen LogP contribution in [0.2, 0.25) is 0 Å². The molecular formula is C15H25N5O2. The van der Waals surface area contributed by atoms with E-state index in [1.807, 2.05) is 4.90 Å². The number of likely N-dealkylation sites (tertiary alicyclic amines) is 1. The molecule has 3 rings (SSSR count). The van der Waals surface area contributed by atoms with Crippen molar-refractivity contribution in [3.63, 3.8) is 0 Å². The maximum Gasteiger partial charge on any atom is 0.223 e. The Kier molecular flexibility index (Phi) is 5.39. The zero-order chi connectivity index (χ0) is 15.2. The quantitative estimate of drug-likeness (QED) is 0.787. The van der Waals surface area contributed by atoms with Gasteiger partial charge in [0.25, 0.3) is 0 Å². The number of carbonyl (C=O) groups is 1. The average molecular weight is 307 g/mol. The lowest BCUT2D eigenvalue weighted by Gasteiger charge is -2.33. The zero-order valence-corrected chi connectivity index (χ0v) is 13.1. The molecule has 0 radical (unpaired) electrons. The molecule has 2 saturated heterocycles. The average Bonchev–Trinajstić information content (AvgIpc) is 3.07. The van der Waals surface area contributed by atoms with Crippen LogP contribution >= 0.6 is 0 Å². The monoisotopic (exact) mass is 307 g/mol. The molecule has 1 aromatic heterocycles. The summed E-state index contributed by atoms with van der Waals surface area (Å²) in [6.07, 6.45) is 7.57. The molecular weight excluding hydrogens is 282 g/mol. The molecule has 122 valence electrons. The normalized spacial score (nSPS) is 23.6. The van der Waals surface area contributed by atoms with E-state index in [4.69, 9.17) is 4.74 Å². The minimum atomic E-state index is 0.125. The highest BCUT2D eigenvalue weighted by Gasteiger charge is 2.23. The van der Waals surface area contributed by atoms with Crippen molar-refractivity contribution in [3.8, 4) is 0 Å². The molecule has 22 heavy (non-hydrogen) atoms. The second kappa shape index (κ2) is 7.69. The minimum Gasteiger partial charge on any atom is -0.374 e. The first-order valence-electron chi connectivity index (χ1n) is 8.25. The molecule has 0 saturated carbocycles. The van der Waals surface area contributed by atoms with E-state index in [9.17, 15) is 4.79 Å². The predicted molar refractivity (Wildman–Crippen MR) is 81.3 cm³/mol. The maximum absolute atomic E-state index is 12.2. The first-order valence-corrected chi connectivity index (χ1v) is 8.25. The number of carbonyl (C=O) groups excluding carboxylic acids is 1. The highest BCUT2D eigenvalue weighted by Crippen LogP contribution is 2.12. The summed E-state index contributed by atoms with van der Waals surface area (Å²) in [5, 5.41) is 4.12. The van der Waals surface area contributed by atoms with Crippen LogP contribution in [0.1, 0.15) is 25.7 Å². The first-order chi connectivity index (χ1) is 10.8. The van der Waals surface area contributed by atoms with E-state index in [0.717, 1.165) is 58.7 Å². The molecule has 1 amide bonds. The largest absolute Gasteiger partial charge is 0.374 e. The van der Waals surface area contributed by atoms with Crippen molar-refractivity contribution in [2.24, 2.45) is 0 Å². The number of piperidine rings is 1. The van der Waals surface area contributed by atoms with Crippen molar-refractivity contribution in [1.82, 2.24) is 24.6 Å². The molecule has 0 spiro atoms. The summed E-state index contributed by atoms with van der Waals surface area (Å²) in [4.78, 5) is 20.5. The van der Waals surface area contributed by atoms with Gasteiger partial charge in [0.1, 0.15) is 12.7 Å². The van der Waals surface area contributed by atoms with Crippen molar-refractivity contribution in [2.45, 2.75) is 38.3 Å². The van der Waals surface area contributed by atoms with Crippen LogP contribution in [0, 0.1) is 0 Å². The smallest absolute Gasteiger partial charge is 0.223 e. The number of morpholine rings is 1. The summed E-state index contributed by atoms with van der Waals surface area (Å²) in [5.41, 5.74) is 0. The molecule has 2 aliphatic heterocycles. The van der Waals surface area contributed by atoms with Crippen molar-refractivity contribution >= 4 is 5.91 Å². The molecule has 2 fully saturated rings. The SMILES string of the molecule is O=C(CCN1CCO[C@@H](Cn2cncn2)C1)N1CCCCC1. The highest BCUT2D eigenvalue weighted by atomic mass is 16.5. The van der Waals surface area contributed by atoms with Gasteiger partial charge in [0.05, 0.1) is 19.3 Å². The van der Waals surface area contributed by atoms with Crippen LogP contribution in [-0.2, 0) is 16.1 Å². The van der Waals surface area contributed by atoms with Gasteiger partial charge >= 0.3 is 0 Å². The summed E-state index contributed by atoms with van der Waals surface area (Å²) in [5.74, 6) is 0.305.